The number of aliphatic carboxylic acids is 1. The highest BCUT2D eigenvalue weighted by Gasteiger charge is 2.09. The first-order chi connectivity index (χ1) is 11.4. The number of benzene rings is 1. The van der Waals surface area contributed by atoms with Crippen LogP contribution in [0.5, 0.6) is 0 Å². The number of hydrogen-bond acceptors (Lipinski definition) is 5. The Kier molecular flexibility index (Phi) is 5.67. The lowest BCUT2D eigenvalue weighted by atomic mass is 10.1. The largest absolute Gasteiger partial charge is 0.480 e. The smallest absolute Gasteiger partial charge is 0.322 e. The molecule has 0 radical (unpaired) electrons. The molecule has 0 aliphatic carbocycles. The van der Waals surface area contributed by atoms with E-state index < -0.39 is 12.5 Å². The van der Waals surface area contributed by atoms with Gasteiger partial charge in [-0.3, -0.25) is 14.4 Å². The second-order valence-corrected chi connectivity index (χ2v) is 5.20. The predicted octanol–water partition coefficient (Wildman–Crippen LogP) is 0.908. The lowest BCUT2D eigenvalue weighted by Gasteiger charge is -2.06. The number of nitrogens with one attached hydrogen (secondary N) is 2. The first kappa shape index (κ1) is 17.2. The van der Waals surface area contributed by atoms with Crippen molar-refractivity contribution >= 4 is 23.5 Å². The topological polar surface area (TPSA) is 122 Å². The molecule has 1 heterocycles. The van der Waals surface area contributed by atoms with Gasteiger partial charge in [0.2, 0.25) is 11.8 Å². The number of carbonyl (C=O) groups excluding carboxylic acids is 2. The maximum Gasteiger partial charge on any atom is 0.322 e. The fraction of sp³-hybridized carbons (Fsp3) is 0.250. The quantitative estimate of drug-likeness (QED) is 0.693. The zero-order valence-corrected chi connectivity index (χ0v) is 13.0. The van der Waals surface area contributed by atoms with E-state index in [1.54, 1.807) is 37.3 Å². The van der Waals surface area contributed by atoms with Crippen molar-refractivity contribution in [3.63, 3.8) is 0 Å². The minimum absolute atomic E-state index is 0.0692. The zero-order valence-electron chi connectivity index (χ0n) is 13.0. The molecule has 1 aromatic carbocycles. The molecule has 0 fully saturated rings. The molecule has 8 nitrogen and oxygen atoms in total. The van der Waals surface area contributed by atoms with Gasteiger partial charge in [-0.15, -0.1) is 0 Å². The fourth-order valence-corrected chi connectivity index (χ4v) is 2.00. The highest BCUT2D eigenvalue weighted by atomic mass is 16.5. The zero-order chi connectivity index (χ0) is 17.5. The Hall–Kier alpha value is -3.16. The van der Waals surface area contributed by atoms with Crippen LogP contribution < -0.4 is 10.6 Å². The molecule has 8 heteroatoms. The first-order valence-electron chi connectivity index (χ1n) is 7.22. The van der Waals surface area contributed by atoms with Crippen LogP contribution >= 0.6 is 0 Å². The number of carboxylic acid groups (broad SMARTS) is 1. The highest BCUT2D eigenvalue weighted by Crippen LogP contribution is 2.11. The summed E-state index contributed by atoms with van der Waals surface area (Å²) in [6.07, 6.45) is 0.177. The molecule has 1 aromatic heterocycles. The van der Waals surface area contributed by atoms with Crippen molar-refractivity contribution in [2.45, 2.75) is 19.8 Å². The fourth-order valence-electron chi connectivity index (χ4n) is 2.00. The molecule has 0 unspecified atom stereocenters. The summed E-state index contributed by atoms with van der Waals surface area (Å²) in [7, 11) is 0. The third kappa shape index (κ3) is 5.56. The Morgan fingerprint density at radius 3 is 2.42 bits per heavy atom. The second kappa shape index (κ2) is 7.91. The summed E-state index contributed by atoms with van der Waals surface area (Å²) in [6, 6.07) is 8.42. The first-order valence-corrected chi connectivity index (χ1v) is 7.22. The maximum atomic E-state index is 11.9. The molecule has 2 rings (SSSR count). The average Bonchev–Trinajstić information content (AvgIpc) is 2.92. The molecule has 24 heavy (non-hydrogen) atoms. The third-order valence-electron chi connectivity index (χ3n) is 3.06. The minimum atomic E-state index is -1.09. The van der Waals surface area contributed by atoms with Gasteiger partial charge in [-0.2, -0.15) is 0 Å². The van der Waals surface area contributed by atoms with Gasteiger partial charge in [0.1, 0.15) is 12.3 Å². The molecule has 2 aromatic rings. The van der Waals surface area contributed by atoms with Crippen molar-refractivity contribution in [2.24, 2.45) is 0 Å². The average molecular weight is 331 g/mol. The molecule has 0 saturated carbocycles. The van der Waals surface area contributed by atoms with Crippen LogP contribution in [0.15, 0.2) is 34.9 Å². The van der Waals surface area contributed by atoms with Crippen LogP contribution in [0, 0.1) is 6.92 Å². The van der Waals surface area contributed by atoms with Gasteiger partial charge in [-0.1, -0.05) is 17.3 Å². The number of hydrogen-bond donors (Lipinski definition) is 3. The lowest BCUT2D eigenvalue weighted by Crippen LogP contribution is -2.30. The number of carboxylic acids is 1. The molecule has 0 spiro atoms. The summed E-state index contributed by atoms with van der Waals surface area (Å²) in [6.45, 7) is 1.34. The Bertz CT molecular complexity index is 736. The van der Waals surface area contributed by atoms with Gasteiger partial charge in [0.05, 0.1) is 18.5 Å². The number of aromatic nitrogens is 1. The van der Waals surface area contributed by atoms with Crippen molar-refractivity contribution < 1.29 is 24.0 Å². The van der Waals surface area contributed by atoms with Gasteiger partial charge in [0.15, 0.2) is 0 Å². The summed E-state index contributed by atoms with van der Waals surface area (Å²) >= 11 is 0. The number of amides is 2. The molecule has 3 N–H and O–H groups in total. The third-order valence-corrected chi connectivity index (χ3v) is 3.06. The number of carbonyl (C=O) groups is 3. The van der Waals surface area contributed by atoms with E-state index in [1.165, 1.54) is 0 Å². The van der Waals surface area contributed by atoms with E-state index in [-0.39, 0.29) is 24.7 Å². The predicted molar refractivity (Wildman–Crippen MR) is 84.4 cm³/mol. The molecule has 0 aliphatic rings. The Balaban J connectivity index is 1.84. The van der Waals surface area contributed by atoms with Gasteiger partial charge in [-0.05, 0) is 24.6 Å². The molecule has 0 saturated heterocycles. The monoisotopic (exact) mass is 331 g/mol. The number of aryl methyl sites for hydroxylation is 1. The van der Waals surface area contributed by atoms with Crippen molar-refractivity contribution in [2.75, 3.05) is 11.9 Å². The second-order valence-electron chi connectivity index (χ2n) is 5.20. The van der Waals surface area contributed by atoms with Gasteiger partial charge in [-0.25, -0.2) is 0 Å². The van der Waals surface area contributed by atoms with Gasteiger partial charge in [0, 0.05) is 11.8 Å². The lowest BCUT2D eigenvalue weighted by molar-refractivity contribution is -0.137. The highest BCUT2D eigenvalue weighted by molar-refractivity contribution is 5.92. The normalized spacial score (nSPS) is 10.2. The van der Waals surface area contributed by atoms with E-state index >= 15 is 0 Å². The Morgan fingerprint density at radius 2 is 1.83 bits per heavy atom. The molecular formula is C16H17N3O5. The Labute approximate surface area is 137 Å². The van der Waals surface area contributed by atoms with Crippen LogP contribution in [0.4, 0.5) is 5.69 Å². The van der Waals surface area contributed by atoms with Crippen LogP contribution in [0.1, 0.15) is 17.0 Å². The van der Waals surface area contributed by atoms with Crippen LogP contribution in [0.25, 0.3) is 0 Å². The van der Waals surface area contributed by atoms with E-state index in [2.05, 4.69) is 15.8 Å². The molecule has 126 valence electrons. The minimum Gasteiger partial charge on any atom is -0.480 e. The van der Waals surface area contributed by atoms with E-state index in [9.17, 15) is 14.4 Å². The molecule has 0 bridgehead atoms. The number of anilines is 1. The van der Waals surface area contributed by atoms with Gasteiger partial charge >= 0.3 is 5.97 Å². The molecule has 0 atom stereocenters. The molecule has 0 aliphatic heterocycles. The standard InChI is InChI=1S/C16H17N3O5/c1-10-6-13(19-24-10)8-15(21)18-12-4-2-11(3-5-12)7-14(20)17-9-16(22)23/h2-6H,7-9H2,1H3,(H,17,20)(H,18,21)(H,22,23). The van der Waals surface area contributed by atoms with Crippen molar-refractivity contribution in [1.82, 2.24) is 10.5 Å². The van der Waals surface area contributed by atoms with E-state index in [1.807, 2.05) is 0 Å². The van der Waals surface area contributed by atoms with E-state index in [4.69, 9.17) is 9.63 Å². The maximum absolute atomic E-state index is 11.9. The van der Waals surface area contributed by atoms with Gasteiger partial charge in [0.25, 0.3) is 0 Å². The van der Waals surface area contributed by atoms with Crippen molar-refractivity contribution in [1.29, 1.82) is 0 Å². The summed E-state index contributed by atoms with van der Waals surface area (Å²) in [5.74, 6) is -1.06. The molecular weight excluding hydrogens is 314 g/mol. The SMILES string of the molecule is Cc1cc(CC(=O)Nc2ccc(CC(=O)NCC(=O)O)cc2)no1. The number of nitrogens with zero attached hydrogens (tertiary/aromatic N) is 1. The summed E-state index contributed by atoms with van der Waals surface area (Å²) in [5.41, 5.74) is 1.86. The summed E-state index contributed by atoms with van der Waals surface area (Å²) in [4.78, 5) is 33.8. The van der Waals surface area contributed by atoms with Gasteiger partial charge < -0.3 is 20.3 Å². The van der Waals surface area contributed by atoms with E-state index in [0.717, 1.165) is 0 Å². The van der Waals surface area contributed by atoms with Crippen molar-refractivity contribution in [3.8, 4) is 0 Å². The van der Waals surface area contributed by atoms with Crippen LogP contribution in [-0.2, 0) is 27.2 Å². The van der Waals surface area contributed by atoms with Crippen LogP contribution in [0.3, 0.4) is 0 Å². The molecule has 2 amide bonds. The Morgan fingerprint density at radius 1 is 1.12 bits per heavy atom. The summed E-state index contributed by atoms with van der Waals surface area (Å²) in [5, 5.41) is 17.2. The van der Waals surface area contributed by atoms with Crippen LogP contribution in [0.2, 0.25) is 0 Å². The van der Waals surface area contributed by atoms with Crippen LogP contribution in [-0.4, -0.2) is 34.6 Å². The van der Waals surface area contributed by atoms with E-state index in [0.29, 0.717) is 22.7 Å². The summed E-state index contributed by atoms with van der Waals surface area (Å²) < 4.78 is 4.90. The number of rotatable bonds is 7. The van der Waals surface area contributed by atoms with Crippen molar-refractivity contribution in [3.05, 3.63) is 47.3 Å².